The number of carbonyl (C=O) groups is 2. The van der Waals surface area contributed by atoms with Crippen LogP contribution in [0.2, 0.25) is 0 Å². The number of carbonyl (C=O) groups excluding carboxylic acids is 2. The summed E-state index contributed by atoms with van der Waals surface area (Å²) in [7, 11) is -3.27. The third-order valence-corrected chi connectivity index (χ3v) is 6.47. The molecule has 2 aromatic rings. The molecular weight excluding hydrogens is 407 g/mol. The molecule has 2 atom stereocenters. The second kappa shape index (κ2) is 8.95. The Balaban J connectivity index is 1.62. The third kappa shape index (κ3) is 5.24. The van der Waals surface area contributed by atoms with Crippen molar-refractivity contribution < 1.29 is 22.4 Å². The van der Waals surface area contributed by atoms with Crippen LogP contribution in [0, 0.1) is 11.7 Å². The summed E-state index contributed by atoms with van der Waals surface area (Å²) in [6.45, 7) is 2.70. The average Bonchev–Trinajstić information content (AvgIpc) is 2.73. The molecule has 0 spiro atoms. The third-order valence-electron chi connectivity index (χ3n) is 5.34. The van der Waals surface area contributed by atoms with Crippen LogP contribution in [0.15, 0.2) is 53.4 Å². The molecule has 2 unspecified atom stereocenters. The molecule has 2 amide bonds. The molecule has 1 aliphatic rings. The van der Waals surface area contributed by atoms with Crippen molar-refractivity contribution in [1.82, 2.24) is 10.2 Å². The van der Waals surface area contributed by atoms with Crippen LogP contribution in [0.25, 0.3) is 0 Å². The summed E-state index contributed by atoms with van der Waals surface area (Å²) in [6, 6.07) is 11.5. The van der Waals surface area contributed by atoms with Gasteiger partial charge in [0.05, 0.1) is 16.9 Å². The summed E-state index contributed by atoms with van der Waals surface area (Å²) in [6.07, 6.45) is 2.54. The molecule has 6 nitrogen and oxygen atoms in total. The molecule has 2 aromatic carbocycles. The van der Waals surface area contributed by atoms with Crippen molar-refractivity contribution in [3.63, 3.8) is 0 Å². The molecule has 0 saturated carbocycles. The van der Waals surface area contributed by atoms with Crippen LogP contribution in [0.3, 0.4) is 0 Å². The lowest BCUT2D eigenvalue weighted by Crippen LogP contribution is -2.45. The lowest BCUT2D eigenvalue weighted by Gasteiger charge is -2.32. The van der Waals surface area contributed by atoms with Crippen molar-refractivity contribution in [2.45, 2.75) is 30.7 Å². The fourth-order valence-electron chi connectivity index (χ4n) is 3.57. The summed E-state index contributed by atoms with van der Waals surface area (Å²) in [5.41, 5.74) is 1.20. The summed E-state index contributed by atoms with van der Waals surface area (Å²) in [5.74, 6) is -1.09. The smallest absolute Gasteiger partial charge is 0.253 e. The van der Waals surface area contributed by atoms with Gasteiger partial charge in [-0.15, -0.1) is 0 Å². The molecule has 1 N–H and O–H groups in total. The average molecular weight is 433 g/mol. The molecule has 1 fully saturated rings. The number of piperidine rings is 1. The monoisotopic (exact) mass is 432 g/mol. The van der Waals surface area contributed by atoms with Crippen molar-refractivity contribution in [2.24, 2.45) is 5.92 Å². The van der Waals surface area contributed by atoms with E-state index in [-0.39, 0.29) is 28.7 Å². The van der Waals surface area contributed by atoms with Crippen LogP contribution < -0.4 is 5.32 Å². The van der Waals surface area contributed by atoms with E-state index in [4.69, 9.17) is 0 Å². The number of benzene rings is 2. The molecule has 160 valence electrons. The zero-order valence-electron chi connectivity index (χ0n) is 17.0. The number of hydrogen-bond donors (Lipinski definition) is 1. The van der Waals surface area contributed by atoms with E-state index in [1.807, 2.05) is 6.92 Å². The first-order valence-corrected chi connectivity index (χ1v) is 11.7. The zero-order chi connectivity index (χ0) is 21.9. The Morgan fingerprint density at radius 1 is 1.10 bits per heavy atom. The SMILES string of the molecule is CC(NC(=O)C1CCCN(C(=O)c2ccc(F)cc2)C1)c1ccc(S(C)(=O)=O)cc1. The van der Waals surface area contributed by atoms with Gasteiger partial charge in [0, 0.05) is 24.9 Å². The van der Waals surface area contributed by atoms with Gasteiger partial charge in [0.1, 0.15) is 5.82 Å². The van der Waals surface area contributed by atoms with Gasteiger partial charge in [-0.05, 0) is 61.7 Å². The highest BCUT2D eigenvalue weighted by Crippen LogP contribution is 2.21. The maximum absolute atomic E-state index is 13.1. The molecule has 3 rings (SSSR count). The molecule has 8 heteroatoms. The van der Waals surface area contributed by atoms with Gasteiger partial charge in [-0.25, -0.2) is 12.8 Å². The summed E-state index contributed by atoms with van der Waals surface area (Å²) >= 11 is 0. The molecule has 1 heterocycles. The second-order valence-electron chi connectivity index (χ2n) is 7.67. The van der Waals surface area contributed by atoms with Crippen molar-refractivity contribution in [1.29, 1.82) is 0 Å². The van der Waals surface area contributed by atoms with E-state index < -0.39 is 15.7 Å². The standard InChI is InChI=1S/C22H25FN2O4S/c1-15(16-7-11-20(12-8-16)30(2,28)29)24-21(26)18-4-3-13-25(14-18)22(27)17-5-9-19(23)10-6-17/h5-12,15,18H,3-4,13-14H2,1-2H3,(H,24,26). The number of likely N-dealkylation sites (tertiary alicyclic amines) is 1. The minimum absolute atomic E-state index is 0.147. The van der Waals surface area contributed by atoms with E-state index in [2.05, 4.69) is 5.32 Å². The van der Waals surface area contributed by atoms with Gasteiger partial charge >= 0.3 is 0 Å². The summed E-state index contributed by atoms with van der Waals surface area (Å²) in [5, 5.41) is 2.95. The zero-order valence-corrected chi connectivity index (χ0v) is 17.8. The van der Waals surface area contributed by atoms with E-state index in [1.165, 1.54) is 36.4 Å². The first-order chi connectivity index (χ1) is 14.1. The van der Waals surface area contributed by atoms with Gasteiger partial charge in [0.2, 0.25) is 5.91 Å². The van der Waals surface area contributed by atoms with Crippen LogP contribution >= 0.6 is 0 Å². The number of halogens is 1. The van der Waals surface area contributed by atoms with Crippen molar-refractivity contribution in [3.05, 3.63) is 65.5 Å². The quantitative estimate of drug-likeness (QED) is 0.787. The minimum Gasteiger partial charge on any atom is -0.349 e. The van der Waals surface area contributed by atoms with E-state index in [0.29, 0.717) is 31.5 Å². The molecule has 0 aromatic heterocycles. The number of sulfone groups is 1. The van der Waals surface area contributed by atoms with Gasteiger partial charge in [-0.3, -0.25) is 9.59 Å². The number of hydrogen-bond acceptors (Lipinski definition) is 4. The number of rotatable bonds is 5. The Morgan fingerprint density at radius 3 is 2.33 bits per heavy atom. The maximum atomic E-state index is 13.1. The maximum Gasteiger partial charge on any atom is 0.253 e. The molecule has 1 aliphatic heterocycles. The second-order valence-corrected chi connectivity index (χ2v) is 9.68. The van der Waals surface area contributed by atoms with Gasteiger partial charge in [0.15, 0.2) is 9.84 Å². The fraction of sp³-hybridized carbons (Fsp3) is 0.364. The van der Waals surface area contributed by atoms with Crippen LogP contribution in [-0.2, 0) is 14.6 Å². The van der Waals surface area contributed by atoms with E-state index >= 15 is 0 Å². The van der Waals surface area contributed by atoms with Gasteiger partial charge in [-0.1, -0.05) is 12.1 Å². The molecule has 0 bridgehead atoms. The van der Waals surface area contributed by atoms with Crippen molar-refractivity contribution >= 4 is 21.7 Å². The molecule has 0 aliphatic carbocycles. The Bertz CT molecular complexity index is 1020. The Hall–Kier alpha value is -2.74. The largest absolute Gasteiger partial charge is 0.349 e. The summed E-state index contributed by atoms with van der Waals surface area (Å²) in [4.78, 5) is 27.3. The predicted octanol–water partition coefficient (Wildman–Crippen LogP) is 2.96. The molecule has 1 saturated heterocycles. The Labute approximate surface area is 176 Å². The minimum atomic E-state index is -3.27. The highest BCUT2D eigenvalue weighted by Gasteiger charge is 2.29. The molecule has 0 radical (unpaired) electrons. The Morgan fingerprint density at radius 2 is 1.73 bits per heavy atom. The van der Waals surface area contributed by atoms with Crippen molar-refractivity contribution in [3.8, 4) is 0 Å². The Kier molecular flexibility index (Phi) is 6.55. The first kappa shape index (κ1) is 22.0. The predicted molar refractivity (Wildman–Crippen MR) is 111 cm³/mol. The first-order valence-electron chi connectivity index (χ1n) is 9.80. The highest BCUT2D eigenvalue weighted by atomic mass is 32.2. The van der Waals surface area contributed by atoms with Crippen LogP contribution in [0.5, 0.6) is 0 Å². The van der Waals surface area contributed by atoms with Crippen LogP contribution in [0.4, 0.5) is 4.39 Å². The lowest BCUT2D eigenvalue weighted by molar-refractivity contribution is -0.127. The van der Waals surface area contributed by atoms with Crippen LogP contribution in [0.1, 0.15) is 41.7 Å². The molecular formula is C22H25FN2O4S. The fourth-order valence-corrected chi connectivity index (χ4v) is 4.20. The van der Waals surface area contributed by atoms with Crippen molar-refractivity contribution in [2.75, 3.05) is 19.3 Å². The summed E-state index contributed by atoms with van der Waals surface area (Å²) < 4.78 is 36.3. The number of nitrogens with one attached hydrogen (secondary N) is 1. The molecule has 30 heavy (non-hydrogen) atoms. The van der Waals surface area contributed by atoms with E-state index in [0.717, 1.165) is 11.8 Å². The normalized spacial score (nSPS) is 18.0. The van der Waals surface area contributed by atoms with E-state index in [1.54, 1.807) is 17.0 Å². The van der Waals surface area contributed by atoms with E-state index in [9.17, 15) is 22.4 Å². The number of amides is 2. The topological polar surface area (TPSA) is 83.6 Å². The van der Waals surface area contributed by atoms with Gasteiger partial charge < -0.3 is 10.2 Å². The highest BCUT2D eigenvalue weighted by molar-refractivity contribution is 7.90. The van der Waals surface area contributed by atoms with Crippen LogP contribution in [-0.4, -0.2) is 44.5 Å². The van der Waals surface area contributed by atoms with Gasteiger partial charge in [0.25, 0.3) is 5.91 Å². The number of nitrogens with zero attached hydrogens (tertiary/aromatic N) is 1. The van der Waals surface area contributed by atoms with Gasteiger partial charge in [-0.2, -0.15) is 0 Å². The lowest BCUT2D eigenvalue weighted by atomic mass is 9.95.